The summed E-state index contributed by atoms with van der Waals surface area (Å²) in [5.41, 5.74) is 2.33. The highest BCUT2D eigenvalue weighted by Gasteiger charge is 2.42. The summed E-state index contributed by atoms with van der Waals surface area (Å²) in [5.74, 6) is 2.03. The minimum absolute atomic E-state index is 0.0957. The lowest BCUT2D eigenvalue weighted by atomic mass is 9.73. The van der Waals surface area contributed by atoms with Crippen molar-refractivity contribution in [2.75, 3.05) is 5.32 Å². The average Bonchev–Trinajstić information content (AvgIpc) is 3.28. The Hall–Kier alpha value is -2.86. The number of carbonyl (C=O) groups is 1. The fraction of sp³-hybridized carbons (Fsp3) is 0.286. The molecule has 2 aromatic heterocycles. The van der Waals surface area contributed by atoms with Gasteiger partial charge in [-0.05, 0) is 36.1 Å². The Labute approximate surface area is 167 Å². The van der Waals surface area contributed by atoms with Crippen LogP contribution in [0.1, 0.15) is 38.5 Å². The Bertz CT molecular complexity index is 1120. The molecule has 0 spiro atoms. The molecule has 1 atom stereocenters. The van der Waals surface area contributed by atoms with Crippen LogP contribution in [-0.2, 0) is 4.79 Å². The van der Waals surface area contributed by atoms with Crippen LogP contribution in [-0.4, -0.2) is 20.5 Å². The second kappa shape index (κ2) is 6.07. The maximum absolute atomic E-state index is 13.1. The van der Waals surface area contributed by atoms with E-state index in [1.54, 1.807) is 4.68 Å². The van der Waals surface area contributed by atoms with Crippen LogP contribution in [0.25, 0.3) is 11.3 Å². The van der Waals surface area contributed by atoms with E-state index in [4.69, 9.17) is 16.0 Å². The average molecular weight is 395 g/mol. The van der Waals surface area contributed by atoms with Gasteiger partial charge in [0.2, 0.25) is 5.95 Å². The van der Waals surface area contributed by atoms with E-state index in [1.807, 2.05) is 36.4 Å². The molecule has 142 valence electrons. The van der Waals surface area contributed by atoms with E-state index < -0.39 is 6.04 Å². The summed E-state index contributed by atoms with van der Waals surface area (Å²) < 4.78 is 7.89. The molecule has 7 heteroatoms. The first-order valence-corrected chi connectivity index (χ1v) is 9.58. The van der Waals surface area contributed by atoms with Crippen molar-refractivity contribution in [2.24, 2.45) is 5.41 Å². The van der Waals surface area contributed by atoms with Gasteiger partial charge in [0.25, 0.3) is 0 Å². The number of carbonyl (C=O) groups excluding carboxylic acids is 1. The van der Waals surface area contributed by atoms with E-state index in [0.29, 0.717) is 34.5 Å². The van der Waals surface area contributed by atoms with Crippen LogP contribution in [0, 0.1) is 5.41 Å². The number of aromatic nitrogens is 3. The topological polar surface area (TPSA) is 73.0 Å². The molecule has 0 amide bonds. The third-order valence-electron chi connectivity index (χ3n) is 5.31. The number of anilines is 1. The molecule has 5 rings (SSSR count). The predicted molar refractivity (Wildman–Crippen MR) is 106 cm³/mol. The largest absolute Gasteiger partial charge is 0.458 e. The molecule has 1 aliphatic heterocycles. The van der Waals surface area contributed by atoms with Gasteiger partial charge in [0.05, 0.1) is 5.02 Å². The highest BCUT2D eigenvalue weighted by atomic mass is 35.5. The van der Waals surface area contributed by atoms with Crippen LogP contribution in [0.4, 0.5) is 5.95 Å². The molecule has 3 heterocycles. The van der Waals surface area contributed by atoms with Crippen molar-refractivity contribution in [3.8, 4) is 11.3 Å². The van der Waals surface area contributed by atoms with Gasteiger partial charge in [0, 0.05) is 23.3 Å². The molecule has 3 aromatic rings. The van der Waals surface area contributed by atoms with Gasteiger partial charge in [0.15, 0.2) is 5.78 Å². The lowest BCUT2D eigenvalue weighted by Gasteiger charge is -2.37. The number of Topliss-reactive ketones (excluding diaryl/α,β-unsaturated/α-hetero) is 1. The summed E-state index contributed by atoms with van der Waals surface area (Å²) >= 11 is 6.32. The summed E-state index contributed by atoms with van der Waals surface area (Å²) in [4.78, 5) is 17.4. The van der Waals surface area contributed by atoms with E-state index in [9.17, 15) is 4.79 Å². The number of allylic oxidation sites excluding steroid dienone is 2. The van der Waals surface area contributed by atoms with Crippen LogP contribution in [0.2, 0.25) is 5.02 Å². The molecule has 2 aliphatic rings. The van der Waals surface area contributed by atoms with E-state index >= 15 is 0 Å². The van der Waals surface area contributed by atoms with Crippen LogP contribution < -0.4 is 5.32 Å². The minimum atomic E-state index is -0.436. The standard InChI is InChI=1S/C21H19ClN4O2/c1-21(2)9-14-18(15(27)10-21)19(26-20(25-14)23-11-24-26)17-8-7-16(28-17)12-5-3-4-6-13(12)22/h3-8,11,19H,9-10H2,1-2H3,(H,23,24,25)/t19-/m1/s1. The zero-order chi connectivity index (χ0) is 19.5. The molecule has 0 saturated carbocycles. The molecular weight excluding hydrogens is 376 g/mol. The van der Waals surface area contributed by atoms with E-state index in [1.165, 1.54) is 6.33 Å². The van der Waals surface area contributed by atoms with E-state index in [-0.39, 0.29) is 11.2 Å². The molecule has 0 radical (unpaired) electrons. The monoisotopic (exact) mass is 394 g/mol. The van der Waals surface area contributed by atoms with Crippen molar-refractivity contribution < 1.29 is 9.21 Å². The number of nitrogens with zero attached hydrogens (tertiary/aromatic N) is 3. The smallest absolute Gasteiger partial charge is 0.226 e. The fourth-order valence-corrected chi connectivity index (χ4v) is 4.35. The Kier molecular flexibility index (Phi) is 3.74. The number of fused-ring (bicyclic) bond motifs is 1. The number of halogens is 1. The van der Waals surface area contributed by atoms with Gasteiger partial charge in [0.1, 0.15) is 23.9 Å². The Balaban J connectivity index is 1.64. The highest BCUT2D eigenvalue weighted by Crippen LogP contribution is 2.46. The number of hydrogen-bond donors (Lipinski definition) is 1. The third-order valence-corrected chi connectivity index (χ3v) is 5.64. The molecule has 6 nitrogen and oxygen atoms in total. The molecule has 0 fully saturated rings. The van der Waals surface area contributed by atoms with Gasteiger partial charge in [-0.1, -0.05) is 37.6 Å². The summed E-state index contributed by atoms with van der Waals surface area (Å²) in [5, 5.41) is 8.26. The SMILES string of the molecule is CC1(C)CC(=O)C2=C(C1)Nc1ncnn1[C@@H]2c1ccc(-c2ccccc2Cl)o1. The summed E-state index contributed by atoms with van der Waals surface area (Å²) in [6.45, 7) is 4.21. The van der Waals surface area contributed by atoms with Crippen molar-refractivity contribution in [3.63, 3.8) is 0 Å². The zero-order valence-corrected chi connectivity index (χ0v) is 16.3. The van der Waals surface area contributed by atoms with Crippen molar-refractivity contribution in [3.05, 3.63) is 64.8 Å². The number of benzene rings is 1. The lowest BCUT2D eigenvalue weighted by Crippen LogP contribution is -2.36. The number of nitrogens with one attached hydrogen (secondary N) is 1. The van der Waals surface area contributed by atoms with Crippen molar-refractivity contribution >= 4 is 23.3 Å². The molecular formula is C21H19ClN4O2. The molecule has 0 saturated heterocycles. The Morgan fingerprint density at radius 3 is 2.86 bits per heavy atom. The molecule has 1 aromatic carbocycles. The van der Waals surface area contributed by atoms with Gasteiger partial charge < -0.3 is 9.73 Å². The minimum Gasteiger partial charge on any atom is -0.458 e. The number of rotatable bonds is 2. The second-order valence-electron chi connectivity index (χ2n) is 8.07. The van der Waals surface area contributed by atoms with Crippen molar-refractivity contribution in [2.45, 2.75) is 32.7 Å². The molecule has 1 N–H and O–H groups in total. The van der Waals surface area contributed by atoms with Crippen LogP contribution >= 0.6 is 11.6 Å². The third kappa shape index (κ3) is 2.67. The normalized spacial score (nSPS) is 20.5. The first-order valence-electron chi connectivity index (χ1n) is 9.20. The van der Waals surface area contributed by atoms with Crippen LogP contribution in [0.5, 0.6) is 0 Å². The first-order chi connectivity index (χ1) is 13.4. The Morgan fingerprint density at radius 1 is 1.21 bits per heavy atom. The molecule has 0 unspecified atom stereocenters. The van der Waals surface area contributed by atoms with E-state index in [0.717, 1.165) is 17.7 Å². The van der Waals surface area contributed by atoms with Gasteiger partial charge >= 0.3 is 0 Å². The number of hydrogen-bond acceptors (Lipinski definition) is 5. The van der Waals surface area contributed by atoms with Gasteiger partial charge in [-0.2, -0.15) is 10.1 Å². The Morgan fingerprint density at radius 2 is 2.04 bits per heavy atom. The summed E-state index contributed by atoms with van der Waals surface area (Å²) in [6.07, 6.45) is 2.75. The molecule has 1 aliphatic carbocycles. The maximum atomic E-state index is 13.1. The van der Waals surface area contributed by atoms with Crippen molar-refractivity contribution in [1.29, 1.82) is 0 Å². The van der Waals surface area contributed by atoms with Crippen molar-refractivity contribution in [1.82, 2.24) is 14.8 Å². The van der Waals surface area contributed by atoms with Crippen LogP contribution in [0.3, 0.4) is 0 Å². The van der Waals surface area contributed by atoms with Crippen LogP contribution in [0.15, 0.2) is 58.4 Å². The maximum Gasteiger partial charge on any atom is 0.226 e. The quantitative estimate of drug-likeness (QED) is 0.672. The molecule has 28 heavy (non-hydrogen) atoms. The molecule has 0 bridgehead atoms. The second-order valence-corrected chi connectivity index (χ2v) is 8.48. The fourth-order valence-electron chi connectivity index (χ4n) is 4.12. The summed E-state index contributed by atoms with van der Waals surface area (Å²) in [6, 6.07) is 10.9. The highest BCUT2D eigenvalue weighted by molar-refractivity contribution is 6.33. The van der Waals surface area contributed by atoms with E-state index in [2.05, 4.69) is 29.2 Å². The lowest BCUT2D eigenvalue weighted by molar-refractivity contribution is -0.118. The zero-order valence-electron chi connectivity index (χ0n) is 15.6. The van der Waals surface area contributed by atoms with Gasteiger partial charge in [-0.25, -0.2) is 4.68 Å². The van der Waals surface area contributed by atoms with Gasteiger partial charge in [-0.3, -0.25) is 4.79 Å². The predicted octanol–water partition coefficient (Wildman–Crippen LogP) is 4.85. The number of furan rings is 1. The first kappa shape index (κ1) is 17.3. The van der Waals surface area contributed by atoms with Gasteiger partial charge in [-0.15, -0.1) is 0 Å². The number of ketones is 1. The summed E-state index contributed by atoms with van der Waals surface area (Å²) in [7, 11) is 0.